The van der Waals surface area contributed by atoms with Gasteiger partial charge in [0.1, 0.15) is 0 Å². The van der Waals surface area contributed by atoms with Crippen LogP contribution in [-0.2, 0) is 0 Å². The minimum atomic E-state index is 1.14. The second-order valence-electron chi connectivity index (χ2n) is 11.4. The van der Waals surface area contributed by atoms with Crippen LogP contribution in [0.2, 0.25) is 0 Å². The molecule has 8 aromatic carbocycles. The lowest BCUT2D eigenvalue weighted by Gasteiger charge is -2.26. The SMILES string of the molecule is c1ccc(N(c2ccc(-c3ccc4c(ccc5c6ccccc6ccc45)c3)cc2)c2cccc3c2sc2ccccc23)cc1. The van der Waals surface area contributed by atoms with Crippen molar-refractivity contribution in [3.05, 3.63) is 164 Å². The number of anilines is 3. The van der Waals surface area contributed by atoms with E-state index < -0.39 is 0 Å². The topological polar surface area (TPSA) is 3.24 Å². The quantitative estimate of drug-likeness (QED) is 0.188. The second kappa shape index (κ2) is 10.1. The van der Waals surface area contributed by atoms with Gasteiger partial charge in [0, 0.05) is 26.8 Å². The molecule has 1 aromatic heterocycles. The van der Waals surface area contributed by atoms with E-state index in [9.17, 15) is 0 Å². The Bertz CT molecular complexity index is 2490. The van der Waals surface area contributed by atoms with Gasteiger partial charge in [0.25, 0.3) is 0 Å². The number of hydrogen-bond acceptors (Lipinski definition) is 2. The molecule has 206 valence electrons. The van der Waals surface area contributed by atoms with E-state index in [1.54, 1.807) is 0 Å². The molecule has 9 aromatic rings. The summed E-state index contributed by atoms with van der Waals surface area (Å²) in [6.07, 6.45) is 0. The Balaban J connectivity index is 1.14. The Hall–Kier alpha value is -5.44. The molecule has 0 fully saturated rings. The minimum absolute atomic E-state index is 1.14. The van der Waals surface area contributed by atoms with Gasteiger partial charge in [-0.1, -0.05) is 121 Å². The molecule has 0 amide bonds. The van der Waals surface area contributed by atoms with Gasteiger partial charge in [-0.3, -0.25) is 0 Å². The molecule has 0 aliphatic rings. The van der Waals surface area contributed by atoms with Crippen molar-refractivity contribution in [2.75, 3.05) is 4.90 Å². The molecule has 0 spiro atoms. The van der Waals surface area contributed by atoms with E-state index in [-0.39, 0.29) is 0 Å². The molecule has 1 heterocycles. The van der Waals surface area contributed by atoms with Crippen molar-refractivity contribution >= 4 is 80.9 Å². The Morgan fingerprint density at radius 3 is 1.82 bits per heavy atom. The third kappa shape index (κ3) is 4.00. The lowest BCUT2D eigenvalue weighted by atomic mass is 9.95. The predicted octanol–water partition coefficient (Wildman–Crippen LogP) is 12.7. The fourth-order valence-corrected chi connectivity index (χ4v) is 7.93. The summed E-state index contributed by atoms with van der Waals surface area (Å²) in [5.41, 5.74) is 5.93. The van der Waals surface area contributed by atoms with Crippen LogP contribution in [0.3, 0.4) is 0 Å². The molecule has 0 aliphatic heterocycles. The molecule has 1 nitrogen and oxygen atoms in total. The first-order chi connectivity index (χ1) is 21.8. The highest BCUT2D eigenvalue weighted by Gasteiger charge is 2.18. The summed E-state index contributed by atoms with van der Waals surface area (Å²) in [6, 6.07) is 59.7. The average Bonchev–Trinajstić information content (AvgIpc) is 3.48. The van der Waals surface area contributed by atoms with Crippen LogP contribution in [-0.4, -0.2) is 0 Å². The first kappa shape index (κ1) is 25.1. The second-order valence-corrected chi connectivity index (χ2v) is 12.4. The molecule has 44 heavy (non-hydrogen) atoms. The highest BCUT2D eigenvalue weighted by atomic mass is 32.1. The summed E-state index contributed by atoms with van der Waals surface area (Å²) >= 11 is 1.87. The van der Waals surface area contributed by atoms with Gasteiger partial charge in [-0.25, -0.2) is 0 Å². The Morgan fingerprint density at radius 2 is 0.977 bits per heavy atom. The van der Waals surface area contributed by atoms with Crippen molar-refractivity contribution < 1.29 is 0 Å². The molecule has 0 radical (unpaired) electrons. The van der Waals surface area contributed by atoms with Crippen LogP contribution < -0.4 is 4.90 Å². The summed E-state index contributed by atoms with van der Waals surface area (Å²) in [5, 5.41) is 10.4. The molecule has 9 rings (SSSR count). The fourth-order valence-electron chi connectivity index (χ4n) is 6.72. The van der Waals surface area contributed by atoms with Gasteiger partial charge in [-0.15, -0.1) is 11.3 Å². The molecular formula is C42H27NS. The first-order valence-electron chi connectivity index (χ1n) is 15.0. The lowest BCUT2D eigenvalue weighted by molar-refractivity contribution is 1.30. The van der Waals surface area contributed by atoms with Gasteiger partial charge in [0.2, 0.25) is 0 Å². The van der Waals surface area contributed by atoms with Crippen molar-refractivity contribution in [1.29, 1.82) is 0 Å². The molecule has 0 aliphatic carbocycles. The van der Waals surface area contributed by atoms with E-state index in [0.717, 1.165) is 11.4 Å². The molecule has 0 saturated carbocycles. The fraction of sp³-hybridized carbons (Fsp3) is 0. The molecule has 0 N–H and O–H groups in total. The number of benzene rings is 8. The van der Waals surface area contributed by atoms with Gasteiger partial charge in [-0.05, 0) is 85.9 Å². The Labute approximate surface area is 259 Å². The smallest absolute Gasteiger partial charge is 0.0640 e. The maximum absolute atomic E-state index is 2.39. The van der Waals surface area contributed by atoms with Crippen LogP contribution in [0.25, 0.3) is 63.6 Å². The molecule has 0 unspecified atom stereocenters. The monoisotopic (exact) mass is 577 g/mol. The average molecular weight is 578 g/mol. The van der Waals surface area contributed by atoms with E-state index in [1.807, 2.05) is 11.3 Å². The van der Waals surface area contributed by atoms with E-state index in [4.69, 9.17) is 0 Å². The van der Waals surface area contributed by atoms with Gasteiger partial charge < -0.3 is 4.90 Å². The van der Waals surface area contributed by atoms with Gasteiger partial charge in [0.15, 0.2) is 0 Å². The maximum atomic E-state index is 2.39. The summed E-state index contributed by atoms with van der Waals surface area (Å²) in [6.45, 7) is 0. The normalized spacial score (nSPS) is 11.6. The van der Waals surface area contributed by atoms with Crippen LogP contribution >= 0.6 is 11.3 Å². The van der Waals surface area contributed by atoms with Crippen molar-refractivity contribution in [2.45, 2.75) is 0 Å². The van der Waals surface area contributed by atoms with Crippen molar-refractivity contribution in [2.24, 2.45) is 0 Å². The zero-order valence-corrected chi connectivity index (χ0v) is 24.8. The number of hydrogen-bond donors (Lipinski definition) is 0. The number of fused-ring (bicyclic) bond motifs is 8. The predicted molar refractivity (Wildman–Crippen MR) is 192 cm³/mol. The number of thiophene rings is 1. The first-order valence-corrected chi connectivity index (χ1v) is 15.8. The van der Waals surface area contributed by atoms with Gasteiger partial charge >= 0.3 is 0 Å². The summed E-state index contributed by atoms with van der Waals surface area (Å²) in [5.74, 6) is 0. The Kier molecular flexibility index (Phi) is 5.75. The van der Waals surface area contributed by atoms with Crippen molar-refractivity contribution in [3.63, 3.8) is 0 Å². The number of nitrogens with zero attached hydrogens (tertiary/aromatic N) is 1. The third-order valence-corrected chi connectivity index (χ3v) is 10.0. The van der Waals surface area contributed by atoms with E-state index in [2.05, 4.69) is 169 Å². The minimum Gasteiger partial charge on any atom is -0.309 e. The highest BCUT2D eigenvalue weighted by Crippen LogP contribution is 2.45. The standard InChI is InChI=1S/C42H27NS/c1-2-10-32(11-3-1)43(40-15-8-14-39-38-13-6-7-16-41(38)44-42(39)40)33-22-17-28(18-23-33)30-20-24-35-31(27-30)21-26-36-34-12-5-4-9-29(34)19-25-37(35)36/h1-27H. The van der Waals surface area contributed by atoms with Crippen molar-refractivity contribution in [3.8, 4) is 11.1 Å². The van der Waals surface area contributed by atoms with Crippen LogP contribution in [0, 0.1) is 0 Å². The molecule has 0 bridgehead atoms. The van der Waals surface area contributed by atoms with E-state index in [0.29, 0.717) is 0 Å². The van der Waals surface area contributed by atoms with Crippen LogP contribution in [0.5, 0.6) is 0 Å². The van der Waals surface area contributed by atoms with E-state index in [1.165, 1.54) is 69.3 Å². The molecule has 0 atom stereocenters. The lowest BCUT2D eigenvalue weighted by Crippen LogP contribution is -2.09. The third-order valence-electron chi connectivity index (χ3n) is 8.84. The zero-order valence-electron chi connectivity index (χ0n) is 23.9. The summed E-state index contributed by atoms with van der Waals surface area (Å²) in [4.78, 5) is 2.39. The highest BCUT2D eigenvalue weighted by molar-refractivity contribution is 7.26. The summed E-state index contributed by atoms with van der Waals surface area (Å²) in [7, 11) is 0. The van der Waals surface area contributed by atoms with Gasteiger partial charge in [0.05, 0.1) is 10.4 Å². The van der Waals surface area contributed by atoms with Crippen LogP contribution in [0.4, 0.5) is 17.1 Å². The summed E-state index contributed by atoms with van der Waals surface area (Å²) < 4.78 is 2.62. The number of para-hydroxylation sites is 1. The molecule has 0 saturated heterocycles. The van der Waals surface area contributed by atoms with Crippen LogP contribution in [0.1, 0.15) is 0 Å². The molecular weight excluding hydrogens is 551 g/mol. The Morgan fingerprint density at radius 1 is 0.364 bits per heavy atom. The zero-order chi connectivity index (χ0) is 29.0. The van der Waals surface area contributed by atoms with Crippen LogP contribution in [0.15, 0.2) is 164 Å². The maximum Gasteiger partial charge on any atom is 0.0640 e. The molecule has 2 heteroatoms. The van der Waals surface area contributed by atoms with Crippen molar-refractivity contribution in [1.82, 2.24) is 0 Å². The largest absolute Gasteiger partial charge is 0.309 e. The van der Waals surface area contributed by atoms with Gasteiger partial charge in [-0.2, -0.15) is 0 Å². The number of rotatable bonds is 4. The van der Waals surface area contributed by atoms with E-state index >= 15 is 0 Å².